The molecule has 4 atom stereocenters. The van der Waals surface area contributed by atoms with Crippen LogP contribution in [0, 0.1) is 17.8 Å². The molecule has 2 saturated carbocycles. The van der Waals surface area contributed by atoms with Crippen LogP contribution < -0.4 is 16.0 Å². The lowest BCUT2D eigenvalue weighted by Crippen LogP contribution is -2.58. The average Bonchev–Trinajstić information content (AvgIpc) is 3.52. The molecule has 42 heavy (non-hydrogen) atoms. The summed E-state index contributed by atoms with van der Waals surface area (Å²) in [6.07, 6.45) is 10.00. The van der Waals surface area contributed by atoms with Gasteiger partial charge < -0.3 is 21.1 Å². The van der Waals surface area contributed by atoms with Gasteiger partial charge in [0.2, 0.25) is 17.7 Å². The molecule has 3 rings (SSSR count). The van der Waals surface area contributed by atoms with Gasteiger partial charge in [-0.05, 0) is 49.5 Å². The molecule has 0 radical (unpaired) electrons. The smallest absolute Gasteiger partial charge is 0.243 e. The van der Waals surface area contributed by atoms with E-state index in [1.165, 1.54) is 6.42 Å². The normalized spacial score (nSPS) is 19.1. The Morgan fingerprint density at radius 3 is 2.07 bits per heavy atom. The highest BCUT2D eigenvalue weighted by Gasteiger charge is 2.34. The van der Waals surface area contributed by atoms with Crippen molar-refractivity contribution in [2.45, 2.75) is 135 Å². The van der Waals surface area contributed by atoms with Crippen molar-refractivity contribution in [2.24, 2.45) is 17.8 Å². The van der Waals surface area contributed by atoms with Crippen molar-refractivity contribution < 1.29 is 24.3 Å². The standard InChI is InChI=1S/C34H53N3O5/c1-4-13-30(38)31(39)27(21-24-14-7-5-8-15-24)35-33(41)28(20-23(2)3)37-34(42)29(22-25-16-9-6-10-17-25)36-32(40)26-18-11-12-19-26/h6,9-10,16-17,23-24,26-29,31,39H,4-5,7-8,11-15,18-22H2,1-3H3,(H,35,41)(H,36,40)(H,37,42)/t27-,28-,29-,31+/m0/s1. The first-order valence-corrected chi connectivity index (χ1v) is 16.3. The fourth-order valence-electron chi connectivity index (χ4n) is 6.46. The Kier molecular flexibility index (Phi) is 14.0. The van der Waals surface area contributed by atoms with Gasteiger partial charge in [-0.2, -0.15) is 0 Å². The van der Waals surface area contributed by atoms with Crippen molar-refractivity contribution >= 4 is 23.5 Å². The summed E-state index contributed by atoms with van der Waals surface area (Å²) in [6, 6.07) is 7.16. The van der Waals surface area contributed by atoms with Crippen molar-refractivity contribution in [2.75, 3.05) is 0 Å². The van der Waals surface area contributed by atoms with Crippen LogP contribution in [0.3, 0.4) is 0 Å². The van der Waals surface area contributed by atoms with Gasteiger partial charge in [-0.1, -0.05) is 96.0 Å². The second kappa shape index (κ2) is 17.4. The summed E-state index contributed by atoms with van der Waals surface area (Å²) in [5.41, 5.74) is 0.916. The molecule has 0 spiro atoms. The number of aliphatic hydroxyl groups excluding tert-OH is 1. The Labute approximate surface area is 252 Å². The molecular weight excluding hydrogens is 530 g/mol. The first-order valence-electron chi connectivity index (χ1n) is 16.3. The number of hydrogen-bond donors (Lipinski definition) is 4. The molecule has 0 heterocycles. The lowest BCUT2D eigenvalue weighted by molar-refractivity contribution is -0.135. The highest BCUT2D eigenvalue weighted by molar-refractivity contribution is 5.93. The van der Waals surface area contributed by atoms with Crippen LogP contribution in [-0.4, -0.2) is 52.8 Å². The van der Waals surface area contributed by atoms with E-state index in [0.717, 1.165) is 56.9 Å². The second-order valence-electron chi connectivity index (χ2n) is 12.9. The summed E-state index contributed by atoms with van der Waals surface area (Å²) in [5, 5.41) is 19.9. The van der Waals surface area contributed by atoms with E-state index >= 15 is 0 Å². The summed E-state index contributed by atoms with van der Waals surface area (Å²) >= 11 is 0. The molecule has 1 aromatic rings. The minimum atomic E-state index is -1.28. The number of amides is 3. The van der Waals surface area contributed by atoms with E-state index in [0.29, 0.717) is 31.6 Å². The fourth-order valence-corrected chi connectivity index (χ4v) is 6.46. The van der Waals surface area contributed by atoms with Gasteiger partial charge in [0.15, 0.2) is 5.78 Å². The van der Waals surface area contributed by atoms with Crippen molar-refractivity contribution in [3.63, 3.8) is 0 Å². The molecule has 234 valence electrons. The number of aliphatic hydroxyl groups is 1. The molecule has 4 N–H and O–H groups in total. The lowest BCUT2D eigenvalue weighted by Gasteiger charge is -2.31. The summed E-state index contributed by atoms with van der Waals surface area (Å²) < 4.78 is 0. The van der Waals surface area contributed by atoms with Crippen LogP contribution in [0.4, 0.5) is 0 Å². The maximum Gasteiger partial charge on any atom is 0.243 e. The molecule has 0 aromatic heterocycles. The van der Waals surface area contributed by atoms with Crippen molar-refractivity contribution in [1.82, 2.24) is 16.0 Å². The monoisotopic (exact) mass is 583 g/mol. The maximum absolute atomic E-state index is 13.7. The van der Waals surface area contributed by atoms with Crippen molar-refractivity contribution in [1.29, 1.82) is 0 Å². The van der Waals surface area contributed by atoms with E-state index in [-0.39, 0.29) is 29.9 Å². The molecule has 8 heteroatoms. The number of carbonyl (C=O) groups is 4. The van der Waals surface area contributed by atoms with Gasteiger partial charge in [0.25, 0.3) is 0 Å². The molecule has 1 aromatic carbocycles. The molecule has 0 unspecified atom stereocenters. The van der Waals surface area contributed by atoms with E-state index in [1.807, 2.05) is 51.1 Å². The zero-order valence-electron chi connectivity index (χ0n) is 25.9. The third-order valence-electron chi connectivity index (χ3n) is 8.83. The van der Waals surface area contributed by atoms with Gasteiger partial charge in [-0.3, -0.25) is 19.2 Å². The van der Waals surface area contributed by atoms with Crippen molar-refractivity contribution in [3.8, 4) is 0 Å². The number of ketones is 1. The van der Waals surface area contributed by atoms with Crippen LogP contribution in [0.15, 0.2) is 30.3 Å². The number of Topliss-reactive ketones (excluding diaryl/α,β-unsaturated/α-hetero) is 1. The number of carbonyl (C=O) groups excluding carboxylic acids is 4. The number of benzene rings is 1. The van der Waals surface area contributed by atoms with E-state index in [9.17, 15) is 24.3 Å². The topological polar surface area (TPSA) is 125 Å². The Balaban J connectivity index is 1.76. The molecular formula is C34H53N3O5. The Morgan fingerprint density at radius 2 is 1.45 bits per heavy atom. The van der Waals surface area contributed by atoms with E-state index < -0.39 is 36.0 Å². The molecule has 0 bridgehead atoms. The second-order valence-corrected chi connectivity index (χ2v) is 12.9. The molecule has 0 aliphatic heterocycles. The molecule has 0 saturated heterocycles. The predicted molar refractivity (Wildman–Crippen MR) is 164 cm³/mol. The van der Waals surface area contributed by atoms with Gasteiger partial charge in [0, 0.05) is 18.8 Å². The summed E-state index contributed by atoms with van der Waals surface area (Å²) in [7, 11) is 0. The molecule has 8 nitrogen and oxygen atoms in total. The van der Waals surface area contributed by atoms with Crippen LogP contribution in [0.2, 0.25) is 0 Å². The minimum absolute atomic E-state index is 0.0893. The number of rotatable bonds is 16. The van der Waals surface area contributed by atoms with Crippen LogP contribution in [0.25, 0.3) is 0 Å². The predicted octanol–water partition coefficient (Wildman–Crippen LogP) is 4.62. The Bertz CT molecular complexity index is 1000. The summed E-state index contributed by atoms with van der Waals surface area (Å²) in [5.74, 6) is -0.829. The van der Waals surface area contributed by atoms with Crippen LogP contribution >= 0.6 is 0 Å². The zero-order chi connectivity index (χ0) is 30.5. The third-order valence-corrected chi connectivity index (χ3v) is 8.83. The third kappa shape index (κ3) is 10.8. The average molecular weight is 584 g/mol. The zero-order valence-corrected chi connectivity index (χ0v) is 25.9. The molecule has 2 aliphatic rings. The Hall–Kier alpha value is -2.74. The molecule has 2 fully saturated rings. The Morgan fingerprint density at radius 1 is 0.833 bits per heavy atom. The minimum Gasteiger partial charge on any atom is -0.383 e. The highest BCUT2D eigenvalue weighted by atomic mass is 16.3. The molecule has 2 aliphatic carbocycles. The van der Waals surface area contributed by atoms with E-state index in [2.05, 4.69) is 16.0 Å². The number of nitrogens with one attached hydrogen (secondary N) is 3. The van der Waals surface area contributed by atoms with E-state index in [4.69, 9.17) is 0 Å². The fraction of sp³-hybridized carbons (Fsp3) is 0.706. The maximum atomic E-state index is 13.7. The number of hydrogen-bond acceptors (Lipinski definition) is 5. The lowest BCUT2D eigenvalue weighted by atomic mass is 9.83. The van der Waals surface area contributed by atoms with Crippen LogP contribution in [0.1, 0.15) is 110 Å². The van der Waals surface area contributed by atoms with Gasteiger partial charge in [-0.25, -0.2) is 0 Å². The van der Waals surface area contributed by atoms with Crippen molar-refractivity contribution in [3.05, 3.63) is 35.9 Å². The van der Waals surface area contributed by atoms with Gasteiger partial charge in [0.05, 0.1) is 6.04 Å². The van der Waals surface area contributed by atoms with Crippen LogP contribution in [-0.2, 0) is 25.6 Å². The first-order chi connectivity index (χ1) is 20.2. The van der Waals surface area contributed by atoms with Crippen LogP contribution in [0.5, 0.6) is 0 Å². The summed E-state index contributed by atoms with van der Waals surface area (Å²) in [4.78, 5) is 53.2. The van der Waals surface area contributed by atoms with Gasteiger partial charge in [0.1, 0.15) is 18.2 Å². The summed E-state index contributed by atoms with van der Waals surface area (Å²) in [6.45, 7) is 5.86. The van der Waals surface area contributed by atoms with Gasteiger partial charge in [-0.15, -0.1) is 0 Å². The SMILES string of the molecule is CCCC(=O)[C@H](O)[C@H](CC1CCCCC1)NC(=O)[C@H](CC(C)C)NC(=O)[C@H](Cc1ccccc1)NC(=O)C1CCCC1. The molecule has 3 amide bonds. The largest absolute Gasteiger partial charge is 0.383 e. The van der Waals surface area contributed by atoms with Gasteiger partial charge >= 0.3 is 0 Å². The van der Waals surface area contributed by atoms with E-state index in [1.54, 1.807) is 0 Å². The first kappa shape index (κ1) is 33.8. The highest BCUT2D eigenvalue weighted by Crippen LogP contribution is 2.28. The quantitative estimate of drug-likeness (QED) is 0.226.